The molecule has 0 bridgehead atoms. The molecule has 2 aromatic rings. The van der Waals surface area contributed by atoms with Crippen molar-refractivity contribution in [3.05, 3.63) is 47.5 Å². The monoisotopic (exact) mass is 439 g/mol. The molecule has 0 aliphatic heterocycles. The Labute approximate surface area is 174 Å². The predicted octanol–water partition coefficient (Wildman–Crippen LogP) is 2.96. The standard InChI is InChI=1S/C19H22ClN3O5S/c1-4-23(29(26,27)16-9-10-18(28-3)17(20)11-16)12-19(25)22-15-7-5-14(6-8-15)21-13(2)24/h5-11H,4,12H2,1-3H3,(H,21,24)(H,22,25). The summed E-state index contributed by atoms with van der Waals surface area (Å²) in [4.78, 5) is 23.4. The van der Waals surface area contributed by atoms with E-state index in [9.17, 15) is 18.0 Å². The number of sulfonamides is 1. The molecule has 0 aliphatic carbocycles. The number of methoxy groups -OCH3 is 1. The van der Waals surface area contributed by atoms with Gasteiger partial charge in [0, 0.05) is 24.8 Å². The number of halogens is 1. The number of rotatable bonds is 8. The highest BCUT2D eigenvalue weighted by atomic mass is 35.5. The fraction of sp³-hybridized carbons (Fsp3) is 0.263. The van der Waals surface area contributed by atoms with Gasteiger partial charge in [0.05, 0.1) is 23.6 Å². The molecule has 2 amide bonds. The van der Waals surface area contributed by atoms with Gasteiger partial charge in [0.15, 0.2) is 0 Å². The Bertz CT molecular complexity index is 993. The summed E-state index contributed by atoms with van der Waals surface area (Å²) in [6.07, 6.45) is 0. The van der Waals surface area contributed by atoms with Crippen LogP contribution in [0, 0.1) is 0 Å². The summed E-state index contributed by atoms with van der Waals surface area (Å²) in [5.41, 5.74) is 1.06. The van der Waals surface area contributed by atoms with Gasteiger partial charge in [-0.05, 0) is 42.5 Å². The second-order valence-electron chi connectivity index (χ2n) is 6.03. The van der Waals surface area contributed by atoms with Gasteiger partial charge in [-0.2, -0.15) is 4.31 Å². The molecule has 2 rings (SSSR count). The zero-order valence-electron chi connectivity index (χ0n) is 16.2. The maximum Gasteiger partial charge on any atom is 0.243 e. The number of ether oxygens (including phenoxy) is 1. The van der Waals surface area contributed by atoms with Gasteiger partial charge in [-0.15, -0.1) is 0 Å². The Balaban J connectivity index is 2.10. The minimum Gasteiger partial charge on any atom is -0.495 e. The highest BCUT2D eigenvalue weighted by Gasteiger charge is 2.26. The number of carbonyl (C=O) groups is 2. The molecule has 8 nitrogen and oxygen atoms in total. The van der Waals surface area contributed by atoms with Crippen LogP contribution in [0.5, 0.6) is 5.75 Å². The number of nitrogens with zero attached hydrogens (tertiary/aromatic N) is 1. The summed E-state index contributed by atoms with van der Waals surface area (Å²) in [5, 5.41) is 5.42. The first-order valence-electron chi connectivity index (χ1n) is 8.68. The molecule has 2 aromatic carbocycles. The third kappa shape index (κ3) is 5.93. The van der Waals surface area contributed by atoms with E-state index >= 15 is 0 Å². The topological polar surface area (TPSA) is 105 Å². The molecule has 156 valence electrons. The van der Waals surface area contributed by atoms with Crippen molar-refractivity contribution in [2.45, 2.75) is 18.7 Å². The summed E-state index contributed by atoms with van der Waals surface area (Å²) >= 11 is 6.03. The minimum absolute atomic E-state index is 0.0300. The van der Waals surface area contributed by atoms with Gasteiger partial charge in [-0.1, -0.05) is 18.5 Å². The Hall–Kier alpha value is -2.62. The van der Waals surface area contributed by atoms with Crippen LogP contribution in [0.3, 0.4) is 0 Å². The molecule has 0 spiro atoms. The zero-order chi connectivity index (χ0) is 21.6. The first kappa shape index (κ1) is 22.7. The van der Waals surface area contributed by atoms with Gasteiger partial charge in [-0.3, -0.25) is 9.59 Å². The number of likely N-dealkylation sites (N-methyl/N-ethyl adjacent to an activating group) is 1. The number of benzene rings is 2. The van der Waals surface area contributed by atoms with E-state index in [1.165, 1.54) is 32.2 Å². The molecule has 0 heterocycles. The van der Waals surface area contributed by atoms with Gasteiger partial charge in [0.2, 0.25) is 21.8 Å². The van der Waals surface area contributed by atoms with E-state index in [1.54, 1.807) is 31.2 Å². The average Bonchev–Trinajstić information content (AvgIpc) is 2.67. The number of carbonyl (C=O) groups excluding carboxylic acids is 2. The molecule has 2 N–H and O–H groups in total. The number of hydrogen-bond donors (Lipinski definition) is 2. The number of nitrogens with one attached hydrogen (secondary N) is 2. The Morgan fingerprint density at radius 2 is 1.66 bits per heavy atom. The van der Waals surface area contributed by atoms with Gasteiger partial charge in [0.25, 0.3) is 0 Å². The Kier molecular flexibility index (Phi) is 7.60. The lowest BCUT2D eigenvalue weighted by Crippen LogP contribution is -2.37. The van der Waals surface area contributed by atoms with Crippen LogP contribution in [0.4, 0.5) is 11.4 Å². The Morgan fingerprint density at radius 3 is 2.14 bits per heavy atom. The molecular formula is C19H22ClN3O5S. The van der Waals surface area contributed by atoms with E-state index in [0.29, 0.717) is 17.1 Å². The lowest BCUT2D eigenvalue weighted by Gasteiger charge is -2.20. The Morgan fingerprint density at radius 1 is 1.07 bits per heavy atom. The van der Waals surface area contributed by atoms with E-state index in [4.69, 9.17) is 16.3 Å². The molecule has 0 aromatic heterocycles. The lowest BCUT2D eigenvalue weighted by atomic mass is 10.2. The van der Waals surface area contributed by atoms with Gasteiger partial charge >= 0.3 is 0 Å². The first-order chi connectivity index (χ1) is 13.7. The summed E-state index contributed by atoms with van der Waals surface area (Å²) in [6.45, 7) is 2.76. The van der Waals surface area contributed by atoms with Crippen molar-refractivity contribution in [3.63, 3.8) is 0 Å². The molecule has 0 saturated heterocycles. The van der Waals surface area contributed by atoms with Crippen LogP contribution in [-0.4, -0.2) is 44.7 Å². The number of anilines is 2. The lowest BCUT2D eigenvalue weighted by molar-refractivity contribution is -0.116. The molecule has 0 fully saturated rings. The van der Waals surface area contributed by atoms with Crippen molar-refractivity contribution in [2.24, 2.45) is 0 Å². The maximum atomic E-state index is 12.9. The third-order valence-corrected chi connectivity index (χ3v) is 6.13. The minimum atomic E-state index is -3.92. The van der Waals surface area contributed by atoms with Crippen molar-refractivity contribution in [1.82, 2.24) is 4.31 Å². The van der Waals surface area contributed by atoms with Crippen molar-refractivity contribution in [1.29, 1.82) is 0 Å². The fourth-order valence-electron chi connectivity index (χ4n) is 2.52. The largest absolute Gasteiger partial charge is 0.495 e. The third-order valence-electron chi connectivity index (χ3n) is 3.92. The molecule has 0 aliphatic rings. The molecular weight excluding hydrogens is 418 g/mol. The smallest absolute Gasteiger partial charge is 0.243 e. The SMILES string of the molecule is CCN(CC(=O)Nc1ccc(NC(C)=O)cc1)S(=O)(=O)c1ccc(OC)c(Cl)c1. The van der Waals surface area contributed by atoms with Crippen molar-refractivity contribution in [2.75, 3.05) is 30.8 Å². The quantitative estimate of drug-likeness (QED) is 0.657. The van der Waals surface area contributed by atoms with E-state index < -0.39 is 15.9 Å². The number of amides is 2. The number of hydrogen-bond acceptors (Lipinski definition) is 5. The molecule has 10 heteroatoms. The first-order valence-corrected chi connectivity index (χ1v) is 10.5. The molecule has 0 atom stereocenters. The second kappa shape index (κ2) is 9.73. The molecule has 0 saturated carbocycles. The van der Waals surface area contributed by atoms with Crippen molar-refractivity contribution < 1.29 is 22.7 Å². The normalized spacial score (nSPS) is 11.2. The fourth-order valence-corrected chi connectivity index (χ4v) is 4.28. The van der Waals surface area contributed by atoms with Crippen molar-refractivity contribution in [3.8, 4) is 5.75 Å². The van der Waals surface area contributed by atoms with Gasteiger partial charge in [-0.25, -0.2) is 8.42 Å². The van der Waals surface area contributed by atoms with E-state index in [1.807, 2.05) is 0 Å². The predicted molar refractivity (Wildman–Crippen MR) is 112 cm³/mol. The zero-order valence-corrected chi connectivity index (χ0v) is 17.8. The summed E-state index contributed by atoms with van der Waals surface area (Å²) < 4.78 is 31.8. The summed E-state index contributed by atoms with van der Waals surface area (Å²) in [5.74, 6) is -0.347. The van der Waals surface area contributed by atoms with Gasteiger partial charge < -0.3 is 15.4 Å². The van der Waals surface area contributed by atoms with Crippen LogP contribution < -0.4 is 15.4 Å². The van der Waals surface area contributed by atoms with E-state index in [-0.39, 0.29) is 28.9 Å². The van der Waals surface area contributed by atoms with Crippen LogP contribution in [-0.2, 0) is 19.6 Å². The average molecular weight is 440 g/mol. The molecule has 0 radical (unpaired) electrons. The van der Waals surface area contributed by atoms with Crippen LogP contribution in [0.1, 0.15) is 13.8 Å². The van der Waals surface area contributed by atoms with E-state index in [0.717, 1.165) is 4.31 Å². The molecule has 0 unspecified atom stereocenters. The van der Waals surface area contributed by atoms with E-state index in [2.05, 4.69) is 10.6 Å². The molecule has 29 heavy (non-hydrogen) atoms. The van der Waals surface area contributed by atoms with Crippen LogP contribution in [0.15, 0.2) is 47.4 Å². The highest BCUT2D eigenvalue weighted by molar-refractivity contribution is 7.89. The highest BCUT2D eigenvalue weighted by Crippen LogP contribution is 2.28. The van der Waals surface area contributed by atoms with Crippen molar-refractivity contribution >= 4 is 44.8 Å². The van der Waals surface area contributed by atoms with Crippen LogP contribution in [0.25, 0.3) is 0 Å². The van der Waals surface area contributed by atoms with Crippen LogP contribution >= 0.6 is 11.6 Å². The second-order valence-corrected chi connectivity index (χ2v) is 8.38. The van der Waals surface area contributed by atoms with Gasteiger partial charge in [0.1, 0.15) is 5.75 Å². The summed E-state index contributed by atoms with van der Waals surface area (Å²) in [7, 11) is -2.49. The summed E-state index contributed by atoms with van der Waals surface area (Å²) in [6, 6.07) is 10.6. The van der Waals surface area contributed by atoms with Crippen LogP contribution in [0.2, 0.25) is 5.02 Å². The maximum absolute atomic E-state index is 12.9.